The van der Waals surface area contributed by atoms with Gasteiger partial charge in [0.15, 0.2) is 11.0 Å². The number of nitro groups is 1. The highest BCUT2D eigenvalue weighted by molar-refractivity contribution is 7.99. The van der Waals surface area contributed by atoms with Gasteiger partial charge >= 0.3 is 0 Å². The highest BCUT2D eigenvalue weighted by Gasteiger charge is 2.18. The molecule has 0 saturated carbocycles. The molecule has 4 rings (SSSR count). The molecule has 1 N–H and O–H groups in total. The maximum Gasteiger partial charge on any atom is 0.269 e. The maximum absolute atomic E-state index is 11.0. The molecule has 2 aromatic carbocycles. The topological polar surface area (TPSA) is 78.3 Å². The Balaban J connectivity index is 1.59. The molecule has 1 aromatic heterocycles. The van der Waals surface area contributed by atoms with Gasteiger partial charge in [-0.05, 0) is 43.5 Å². The Morgan fingerprint density at radius 1 is 1.00 bits per heavy atom. The number of thioether (sulfide) groups is 1. The fourth-order valence-electron chi connectivity index (χ4n) is 3.68. The van der Waals surface area contributed by atoms with E-state index in [9.17, 15) is 10.1 Å². The second kappa shape index (κ2) is 9.19. The predicted octanol–water partition coefficient (Wildman–Crippen LogP) is 3.00. The van der Waals surface area contributed by atoms with Crippen molar-refractivity contribution in [1.82, 2.24) is 14.8 Å². The number of benzene rings is 2. The van der Waals surface area contributed by atoms with Crippen molar-refractivity contribution in [3.8, 4) is 17.1 Å². The first kappa shape index (κ1) is 19.6. The van der Waals surface area contributed by atoms with Gasteiger partial charge in [-0.15, -0.1) is 10.2 Å². The number of likely N-dealkylation sites (tertiary alicyclic amines) is 1. The highest BCUT2D eigenvalue weighted by atomic mass is 32.2. The van der Waals surface area contributed by atoms with E-state index in [1.54, 1.807) is 28.8 Å². The first-order chi connectivity index (χ1) is 14.2. The standard InChI is InChI=1S/C21H23N5O2S/c27-26(28)19-11-9-17(10-12-19)20-22-23-21(25(20)18-7-3-1-4-8-18)29-16-15-24-13-5-2-6-14-24/h1,3-4,7-12H,2,5-6,13-16H2/p+1. The van der Waals surface area contributed by atoms with E-state index in [1.807, 2.05) is 34.9 Å². The molecule has 1 fully saturated rings. The maximum atomic E-state index is 11.0. The van der Waals surface area contributed by atoms with Crippen LogP contribution in [0.5, 0.6) is 0 Å². The second-order valence-corrected chi connectivity index (χ2v) is 8.25. The van der Waals surface area contributed by atoms with Crippen LogP contribution in [0.1, 0.15) is 19.3 Å². The summed E-state index contributed by atoms with van der Waals surface area (Å²) < 4.78 is 2.04. The average molecular weight is 411 g/mol. The third-order valence-corrected chi connectivity index (χ3v) is 6.16. The van der Waals surface area contributed by atoms with E-state index >= 15 is 0 Å². The van der Waals surface area contributed by atoms with E-state index in [1.165, 1.54) is 44.5 Å². The van der Waals surface area contributed by atoms with E-state index in [2.05, 4.69) is 10.2 Å². The van der Waals surface area contributed by atoms with Crippen LogP contribution in [-0.4, -0.2) is 45.1 Å². The molecule has 0 unspecified atom stereocenters. The van der Waals surface area contributed by atoms with Crippen molar-refractivity contribution in [2.75, 3.05) is 25.4 Å². The number of quaternary nitrogens is 1. The zero-order valence-electron chi connectivity index (χ0n) is 16.2. The molecule has 0 amide bonds. The van der Waals surface area contributed by atoms with Crippen molar-refractivity contribution in [1.29, 1.82) is 0 Å². The van der Waals surface area contributed by atoms with Crippen LogP contribution >= 0.6 is 11.8 Å². The van der Waals surface area contributed by atoms with Crippen LogP contribution in [0.4, 0.5) is 5.69 Å². The Morgan fingerprint density at radius 2 is 1.72 bits per heavy atom. The summed E-state index contributed by atoms with van der Waals surface area (Å²) in [6.45, 7) is 3.65. The van der Waals surface area contributed by atoms with Crippen molar-refractivity contribution in [2.45, 2.75) is 24.4 Å². The number of nitro benzene ring substituents is 1. The smallest absolute Gasteiger partial charge is 0.269 e. The number of nitrogens with zero attached hydrogens (tertiary/aromatic N) is 4. The van der Waals surface area contributed by atoms with Gasteiger partial charge in [-0.2, -0.15) is 0 Å². The molecule has 2 heterocycles. The molecule has 0 bridgehead atoms. The van der Waals surface area contributed by atoms with E-state index < -0.39 is 4.92 Å². The summed E-state index contributed by atoms with van der Waals surface area (Å²) >= 11 is 1.72. The molecule has 0 spiro atoms. The van der Waals surface area contributed by atoms with Gasteiger partial charge in [0.05, 0.1) is 30.3 Å². The number of piperidine rings is 1. The summed E-state index contributed by atoms with van der Waals surface area (Å²) in [6, 6.07) is 16.5. The quantitative estimate of drug-likeness (QED) is 0.368. The normalized spacial score (nSPS) is 14.8. The van der Waals surface area contributed by atoms with Gasteiger partial charge in [0.2, 0.25) is 0 Å². The first-order valence-electron chi connectivity index (χ1n) is 9.94. The molecule has 3 aromatic rings. The van der Waals surface area contributed by atoms with Crippen molar-refractivity contribution in [3.63, 3.8) is 0 Å². The van der Waals surface area contributed by atoms with Gasteiger partial charge < -0.3 is 4.90 Å². The lowest BCUT2D eigenvalue weighted by Gasteiger charge is -2.23. The third-order valence-electron chi connectivity index (χ3n) is 5.23. The van der Waals surface area contributed by atoms with Crippen molar-refractivity contribution >= 4 is 17.4 Å². The fourth-order valence-corrected chi connectivity index (χ4v) is 4.67. The molecule has 1 saturated heterocycles. The predicted molar refractivity (Wildman–Crippen MR) is 114 cm³/mol. The summed E-state index contributed by atoms with van der Waals surface area (Å²) in [5.74, 6) is 1.68. The van der Waals surface area contributed by atoms with Crippen LogP contribution in [0, 0.1) is 10.1 Å². The Hall–Kier alpha value is -2.71. The fraction of sp³-hybridized carbons (Fsp3) is 0.333. The van der Waals surface area contributed by atoms with Crippen LogP contribution in [0.2, 0.25) is 0 Å². The lowest BCUT2D eigenvalue weighted by molar-refractivity contribution is -0.902. The minimum absolute atomic E-state index is 0.0682. The molecular weight excluding hydrogens is 386 g/mol. The minimum atomic E-state index is -0.393. The van der Waals surface area contributed by atoms with Crippen LogP contribution in [-0.2, 0) is 0 Å². The zero-order valence-corrected chi connectivity index (χ0v) is 17.0. The molecule has 7 nitrogen and oxygen atoms in total. The summed E-state index contributed by atoms with van der Waals surface area (Å²) in [7, 11) is 0. The molecule has 0 aliphatic carbocycles. The average Bonchev–Trinajstić information content (AvgIpc) is 3.19. The number of nitrogens with one attached hydrogen (secondary N) is 1. The van der Waals surface area contributed by atoms with E-state index in [0.717, 1.165) is 28.7 Å². The number of hydrogen-bond acceptors (Lipinski definition) is 5. The molecule has 8 heteroatoms. The van der Waals surface area contributed by atoms with Gasteiger partial charge in [-0.25, -0.2) is 0 Å². The van der Waals surface area contributed by atoms with Crippen LogP contribution in [0.3, 0.4) is 0 Å². The lowest BCUT2D eigenvalue weighted by Crippen LogP contribution is -3.13. The largest absolute Gasteiger partial charge is 0.334 e. The monoisotopic (exact) mass is 410 g/mol. The van der Waals surface area contributed by atoms with Gasteiger partial charge in [0, 0.05) is 23.4 Å². The highest BCUT2D eigenvalue weighted by Crippen LogP contribution is 2.28. The van der Waals surface area contributed by atoms with Crippen molar-refractivity contribution in [3.05, 3.63) is 64.7 Å². The zero-order chi connectivity index (χ0) is 20.1. The number of non-ortho nitro benzene ring substituents is 1. The van der Waals surface area contributed by atoms with E-state index in [-0.39, 0.29) is 5.69 Å². The molecular formula is C21H24N5O2S+. The molecule has 150 valence electrons. The Bertz CT molecular complexity index is 953. The van der Waals surface area contributed by atoms with Gasteiger partial charge in [-0.1, -0.05) is 30.0 Å². The van der Waals surface area contributed by atoms with Gasteiger partial charge in [-0.3, -0.25) is 14.7 Å². The first-order valence-corrected chi connectivity index (χ1v) is 10.9. The molecule has 0 atom stereocenters. The number of hydrogen-bond donors (Lipinski definition) is 1. The Morgan fingerprint density at radius 3 is 2.41 bits per heavy atom. The Kier molecular flexibility index (Phi) is 6.21. The molecule has 1 aliphatic heterocycles. The van der Waals surface area contributed by atoms with Crippen LogP contribution < -0.4 is 4.90 Å². The van der Waals surface area contributed by atoms with Gasteiger partial charge in [0.25, 0.3) is 5.69 Å². The molecule has 29 heavy (non-hydrogen) atoms. The summed E-state index contributed by atoms with van der Waals surface area (Å²) in [5.41, 5.74) is 1.86. The van der Waals surface area contributed by atoms with Crippen LogP contribution in [0.15, 0.2) is 59.8 Å². The second-order valence-electron chi connectivity index (χ2n) is 7.19. The van der Waals surface area contributed by atoms with E-state index in [0.29, 0.717) is 5.82 Å². The summed E-state index contributed by atoms with van der Waals surface area (Å²) in [5, 5.41) is 20.7. The number of aromatic nitrogens is 3. The molecule has 1 aliphatic rings. The SMILES string of the molecule is O=[N+]([O-])c1ccc(-c2nnc(SCC[NH+]3CCCCC3)n2-c2ccccc2)cc1. The summed E-state index contributed by atoms with van der Waals surface area (Å²) in [4.78, 5) is 12.2. The summed E-state index contributed by atoms with van der Waals surface area (Å²) in [6.07, 6.45) is 4.01. The van der Waals surface area contributed by atoms with Crippen molar-refractivity contribution < 1.29 is 9.82 Å². The number of rotatable bonds is 7. The van der Waals surface area contributed by atoms with E-state index in [4.69, 9.17) is 0 Å². The third kappa shape index (κ3) is 4.65. The molecule has 0 radical (unpaired) electrons. The Labute approximate surface area is 173 Å². The van der Waals surface area contributed by atoms with Crippen LogP contribution in [0.25, 0.3) is 17.1 Å². The lowest BCUT2D eigenvalue weighted by atomic mass is 10.1. The van der Waals surface area contributed by atoms with Crippen molar-refractivity contribution in [2.24, 2.45) is 0 Å². The van der Waals surface area contributed by atoms with Gasteiger partial charge in [0.1, 0.15) is 0 Å². The number of para-hydroxylation sites is 1. The minimum Gasteiger partial charge on any atom is -0.334 e.